The molecule has 0 aliphatic heterocycles. The van der Waals surface area contributed by atoms with Gasteiger partial charge in [-0.1, -0.05) is 41.1 Å². The van der Waals surface area contributed by atoms with Gasteiger partial charge in [-0.3, -0.25) is 10.1 Å². The number of nitrogens with two attached hydrogens (primary N) is 1. The van der Waals surface area contributed by atoms with Gasteiger partial charge >= 0.3 is 0 Å². The van der Waals surface area contributed by atoms with Gasteiger partial charge in [0.05, 0.1) is 21.3 Å². The Morgan fingerprint density at radius 1 is 1.19 bits per heavy atom. The van der Waals surface area contributed by atoms with Gasteiger partial charge in [0.1, 0.15) is 0 Å². The third-order valence-corrected chi connectivity index (χ3v) is 6.76. The first-order valence-corrected chi connectivity index (χ1v) is 12.0. The van der Waals surface area contributed by atoms with Crippen LogP contribution in [0.25, 0.3) is 5.69 Å². The van der Waals surface area contributed by atoms with Gasteiger partial charge in [-0.25, -0.2) is 23.2 Å². The molecule has 0 fully saturated rings. The summed E-state index contributed by atoms with van der Waals surface area (Å²) in [5, 5.41) is 16.8. The second kappa shape index (κ2) is 8.79. The van der Waals surface area contributed by atoms with Crippen LogP contribution in [0.1, 0.15) is 26.6 Å². The third-order valence-electron chi connectivity index (χ3n) is 4.59. The number of hydrogen-bond donors (Lipinski definition) is 2. The number of carbonyl (C=O) groups is 1. The van der Waals surface area contributed by atoms with Gasteiger partial charge in [-0.15, -0.1) is 16.4 Å². The Labute approximate surface area is 192 Å². The lowest BCUT2D eigenvalue weighted by molar-refractivity contribution is 0.102. The maximum Gasteiger partial charge on any atom is 0.279 e. The van der Waals surface area contributed by atoms with Crippen molar-refractivity contribution in [3.63, 3.8) is 0 Å². The maximum atomic E-state index is 12.7. The fourth-order valence-electron chi connectivity index (χ4n) is 2.99. The molecule has 0 saturated heterocycles. The number of hydrogen-bond acceptors (Lipinski definition) is 7. The van der Waals surface area contributed by atoms with Crippen molar-refractivity contribution in [2.24, 2.45) is 5.14 Å². The average molecular weight is 489 g/mol. The van der Waals surface area contributed by atoms with Crippen LogP contribution in [0, 0.1) is 6.92 Å². The highest BCUT2D eigenvalue weighted by Gasteiger charge is 2.19. The van der Waals surface area contributed by atoms with Crippen molar-refractivity contribution in [3.8, 4) is 5.69 Å². The number of amides is 1. The molecule has 2 heterocycles. The Bertz CT molecular complexity index is 1400. The minimum atomic E-state index is -3.73. The van der Waals surface area contributed by atoms with Gasteiger partial charge in [-0.05, 0) is 36.8 Å². The second-order valence-corrected chi connectivity index (χ2v) is 9.92. The van der Waals surface area contributed by atoms with Gasteiger partial charge in [-0.2, -0.15) is 0 Å². The summed E-state index contributed by atoms with van der Waals surface area (Å²) in [4.78, 5) is 17.9. The van der Waals surface area contributed by atoms with Crippen molar-refractivity contribution < 1.29 is 13.2 Å². The molecule has 0 aliphatic carbocycles. The van der Waals surface area contributed by atoms with E-state index in [-0.39, 0.29) is 10.6 Å². The lowest BCUT2D eigenvalue weighted by Gasteiger charge is -2.05. The molecule has 0 spiro atoms. The summed E-state index contributed by atoms with van der Waals surface area (Å²) in [6, 6.07) is 13.4. The summed E-state index contributed by atoms with van der Waals surface area (Å²) in [6.45, 7) is 1.73. The van der Waals surface area contributed by atoms with Gasteiger partial charge < -0.3 is 0 Å². The van der Waals surface area contributed by atoms with E-state index in [1.165, 1.54) is 28.2 Å². The largest absolute Gasteiger partial charge is 0.296 e. The van der Waals surface area contributed by atoms with E-state index in [9.17, 15) is 13.2 Å². The molecule has 0 radical (unpaired) electrons. The topological polar surface area (TPSA) is 133 Å². The van der Waals surface area contributed by atoms with E-state index < -0.39 is 15.9 Å². The molecule has 0 saturated carbocycles. The zero-order valence-corrected chi connectivity index (χ0v) is 19.1. The predicted molar refractivity (Wildman–Crippen MR) is 122 cm³/mol. The molecule has 9 nitrogen and oxygen atoms in total. The van der Waals surface area contributed by atoms with Crippen molar-refractivity contribution in [2.45, 2.75) is 18.2 Å². The van der Waals surface area contributed by atoms with E-state index in [2.05, 4.69) is 20.6 Å². The van der Waals surface area contributed by atoms with Crippen molar-refractivity contribution in [1.82, 2.24) is 20.0 Å². The summed E-state index contributed by atoms with van der Waals surface area (Å²) < 4.78 is 24.2. The van der Waals surface area contributed by atoms with Crippen molar-refractivity contribution >= 4 is 44.0 Å². The fraction of sp³-hybridized carbons (Fsp3) is 0.100. The zero-order chi connectivity index (χ0) is 22.9. The highest BCUT2D eigenvalue weighted by Crippen LogP contribution is 2.24. The first-order chi connectivity index (χ1) is 15.2. The van der Waals surface area contributed by atoms with E-state index in [0.717, 1.165) is 10.4 Å². The Kier molecular flexibility index (Phi) is 6.07. The van der Waals surface area contributed by atoms with E-state index in [1.54, 1.807) is 43.5 Å². The Morgan fingerprint density at radius 3 is 2.59 bits per heavy atom. The average Bonchev–Trinajstić information content (AvgIpc) is 3.34. The van der Waals surface area contributed by atoms with Gasteiger partial charge in [0.2, 0.25) is 10.0 Å². The quantitative estimate of drug-likeness (QED) is 0.428. The summed E-state index contributed by atoms with van der Waals surface area (Å²) in [5.41, 5.74) is 2.23. The first-order valence-electron chi connectivity index (χ1n) is 9.27. The highest BCUT2D eigenvalue weighted by atomic mass is 35.5. The number of aromatic nitrogens is 4. The number of carbonyl (C=O) groups excluding carboxylic acids is 1. The zero-order valence-electron chi connectivity index (χ0n) is 16.7. The van der Waals surface area contributed by atoms with Crippen LogP contribution in [0.15, 0.2) is 59.6 Å². The molecule has 4 aromatic rings. The maximum absolute atomic E-state index is 12.7. The smallest absolute Gasteiger partial charge is 0.279 e. The monoisotopic (exact) mass is 488 g/mol. The molecule has 164 valence electrons. The van der Waals surface area contributed by atoms with Crippen LogP contribution >= 0.6 is 22.9 Å². The number of nitrogens with one attached hydrogen (secondary N) is 1. The number of benzene rings is 2. The normalized spacial score (nSPS) is 11.5. The number of para-hydroxylation sites is 1. The number of halogens is 1. The number of thiazole rings is 1. The van der Waals surface area contributed by atoms with Crippen LogP contribution in [0.5, 0.6) is 0 Å². The van der Waals surface area contributed by atoms with Gasteiger partial charge in [0, 0.05) is 17.5 Å². The Hall–Kier alpha value is -3.12. The Morgan fingerprint density at radius 2 is 1.91 bits per heavy atom. The number of nitrogens with zero attached hydrogens (tertiary/aromatic N) is 4. The van der Waals surface area contributed by atoms with Gasteiger partial charge in [0.25, 0.3) is 5.91 Å². The molecule has 0 unspecified atom stereocenters. The van der Waals surface area contributed by atoms with E-state index >= 15 is 0 Å². The fourth-order valence-corrected chi connectivity index (χ4v) is 4.57. The van der Waals surface area contributed by atoms with Crippen LogP contribution < -0.4 is 10.5 Å². The Balaban J connectivity index is 1.46. The third kappa shape index (κ3) is 4.70. The standard InChI is InChI=1S/C20H17ClN6O3S2/c1-12-18(25-26-27(12)17-5-3-2-4-16(17)21)19(28)24-20-23-11-14(31-20)10-13-6-8-15(9-7-13)32(22,29)30/h2-9,11H,10H2,1H3,(H2,22,29,30)(H,23,24,28). The van der Waals surface area contributed by atoms with Crippen LogP contribution in [-0.2, 0) is 16.4 Å². The van der Waals surface area contributed by atoms with E-state index in [0.29, 0.717) is 28.0 Å². The van der Waals surface area contributed by atoms with Crippen molar-refractivity contribution in [1.29, 1.82) is 0 Å². The summed E-state index contributed by atoms with van der Waals surface area (Å²) in [7, 11) is -3.73. The van der Waals surface area contributed by atoms with Crippen molar-refractivity contribution in [3.05, 3.63) is 81.6 Å². The summed E-state index contributed by atoms with van der Waals surface area (Å²) >= 11 is 7.53. The first kappa shape index (κ1) is 22.1. The number of rotatable bonds is 6. The molecule has 0 atom stereocenters. The molecule has 0 aliphatic rings. The molecule has 3 N–H and O–H groups in total. The van der Waals surface area contributed by atoms with Crippen molar-refractivity contribution in [2.75, 3.05) is 5.32 Å². The molecule has 32 heavy (non-hydrogen) atoms. The molecule has 2 aromatic carbocycles. The van der Waals surface area contributed by atoms with E-state index in [4.69, 9.17) is 16.7 Å². The van der Waals surface area contributed by atoms with Crippen LogP contribution in [-0.4, -0.2) is 34.3 Å². The lowest BCUT2D eigenvalue weighted by atomic mass is 10.1. The number of primary sulfonamides is 1. The molecular weight excluding hydrogens is 472 g/mol. The number of sulfonamides is 1. The molecule has 12 heteroatoms. The summed E-state index contributed by atoms with van der Waals surface area (Å²) in [5.74, 6) is -0.431. The summed E-state index contributed by atoms with van der Waals surface area (Å²) in [6.07, 6.45) is 2.18. The highest BCUT2D eigenvalue weighted by molar-refractivity contribution is 7.89. The minimum absolute atomic E-state index is 0.0544. The minimum Gasteiger partial charge on any atom is -0.296 e. The molecule has 0 bridgehead atoms. The second-order valence-electron chi connectivity index (χ2n) is 6.84. The SMILES string of the molecule is Cc1c(C(=O)Nc2ncc(Cc3ccc(S(N)(=O)=O)cc3)s2)nnn1-c1ccccc1Cl. The molecular formula is C20H17ClN6O3S2. The number of anilines is 1. The predicted octanol–water partition coefficient (Wildman–Crippen LogP) is 3.18. The van der Waals surface area contributed by atoms with Crippen LogP contribution in [0.2, 0.25) is 5.02 Å². The lowest BCUT2D eigenvalue weighted by Crippen LogP contribution is -2.14. The van der Waals surface area contributed by atoms with Gasteiger partial charge in [0.15, 0.2) is 10.8 Å². The van der Waals surface area contributed by atoms with Crippen LogP contribution in [0.4, 0.5) is 5.13 Å². The molecule has 2 aromatic heterocycles. The van der Waals surface area contributed by atoms with E-state index in [1.807, 2.05) is 6.07 Å². The molecule has 4 rings (SSSR count). The van der Waals surface area contributed by atoms with Crippen LogP contribution in [0.3, 0.4) is 0 Å². The molecule has 1 amide bonds.